The summed E-state index contributed by atoms with van der Waals surface area (Å²) in [6.07, 6.45) is 1.44. The lowest BCUT2D eigenvalue weighted by Gasteiger charge is -2.51. The molecule has 2 nitrogen and oxygen atoms in total. The van der Waals surface area contributed by atoms with E-state index in [0.29, 0.717) is 11.8 Å². The molecule has 1 fully saturated rings. The molecule has 0 atom stereocenters. The maximum absolute atomic E-state index is 11.6. The van der Waals surface area contributed by atoms with E-state index in [-0.39, 0.29) is 10.8 Å². The van der Waals surface area contributed by atoms with Gasteiger partial charge in [-0.3, -0.25) is 4.79 Å². The number of carbonyl (C=O) groups is 1. The summed E-state index contributed by atoms with van der Waals surface area (Å²) in [6.45, 7) is 8.82. The number of rotatable bonds is 1. The molecule has 0 radical (unpaired) electrons. The zero-order chi connectivity index (χ0) is 11.1. The van der Waals surface area contributed by atoms with Gasteiger partial charge in [-0.1, -0.05) is 27.7 Å². The van der Waals surface area contributed by atoms with Crippen molar-refractivity contribution in [1.29, 1.82) is 0 Å². The van der Waals surface area contributed by atoms with Crippen LogP contribution in [0.2, 0.25) is 0 Å². The molecule has 0 aromatic heterocycles. The maximum Gasteiger partial charge on any atom is 0.134 e. The lowest BCUT2D eigenvalue weighted by atomic mass is 9.60. The Morgan fingerprint density at radius 3 is 1.71 bits per heavy atom. The predicted octanol–water partition coefficient (Wildman–Crippen LogP) is 2.33. The summed E-state index contributed by atoms with van der Waals surface area (Å²) in [5.41, 5.74) is 0.199. The Hall–Kier alpha value is -0.370. The topological polar surface area (TPSA) is 20.3 Å². The van der Waals surface area contributed by atoms with E-state index in [9.17, 15) is 4.79 Å². The van der Waals surface area contributed by atoms with Crippen LogP contribution in [-0.4, -0.2) is 30.8 Å². The summed E-state index contributed by atoms with van der Waals surface area (Å²) >= 11 is 0. The van der Waals surface area contributed by atoms with Crippen molar-refractivity contribution >= 4 is 5.78 Å². The van der Waals surface area contributed by atoms with Gasteiger partial charge in [0.05, 0.1) is 0 Å². The molecule has 0 amide bonds. The van der Waals surface area contributed by atoms with Gasteiger partial charge in [-0.25, -0.2) is 0 Å². The number of nitrogens with zero attached hydrogens (tertiary/aromatic N) is 1. The molecule has 1 saturated carbocycles. The smallest absolute Gasteiger partial charge is 0.134 e. The normalized spacial score (nSPS) is 26.9. The zero-order valence-corrected chi connectivity index (χ0v) is 10.3. The monoisotopic (exact) mass is 197 g/mol. The molecule has 0 unspecified atom stereocenters. The quantitative estimate of drug-likeness (QED) is 0.643. The van der Waals surface area contributed by atoms with Gasteiger partial charge in [-0.05, 0) is 24.9 Å². The Morgan fingerprint density at radius 1 is 1.07 bits per heavy atom. The van der Waals surface area contributed by atoms with Crippen LogP contribution in [0.15, 0.2) is 0 Å². The highest BCUT2D eigenvalue weighted by atomic mass is 16.1. The molecule has 0 bridgehead atoms. The third-order valence-electron chi connectivity index (χ3n) is 3.30. The first-order valence-electron chi connectivity index (χ1n) is 5.35. The molecule has 0 aromatic carbocycles. The van der Waals surface area contributed by atoms with Gasteiger partial charge in [0.2, 0.25) is 0 Å². The van der Waals surface area contributed by atoms with E-state index in [2.05, 4.69) is 46.7 Å². The molecule has 0 spiro atoms. The van der Waals surface area contributed by atoms with Crippen molar-refractivity contribution < 1.29 is 4.79 Å². The molecule has 0 aromatic rings. The minimum Gasteiger partial charge on any atom is -0.305 e. The zero-order valence-electron chi connectivity index (χ0n) is 10.3. The fourth-order valence-corrected chi connectivity index (χ4v) is 3.73. The Kier molecular flexibility index (Phi) is 2.79. The van der Waals surface area contributed by atoms with Crippen LogP contribution >= 0.6 is 0 Å². The van der Waals surface area contributed by atoms with Crippen molar-refractivity contribution in [2.24, 2.45) is 10.8 Å². The highest BCUT2D eigenvalue weighted by molar-refractivity contribution is 5.81. The first-order chi connectivity index (χ1) is 6.17. The molecule has 82 valence electrons. The average molecular weight is 197 g/mol. The van der Waals surface area contributed by atoms with Crippen LogP contribution in [0, 0.1) is 10.8 Å². The fraction of sp³-hybridized carbons (Fsp3) is 0.917. The van der Waals surface area contributed by atoms with E-state index in [1.807, 2.05) is 0 Å². The molecule has 1 rings (SSSR count). The molecule has 1 aliphatic carbocycles. The summed E-state index contributed by atoms with van der Waals surface area (Å²) in [6, 6.07) is 0.479. The third kappa shape index (κ3) is 2.00. The van der Waals surface area contributed by atoms with Gasteiger partial charge in [0, 0.05) is 18.9 Å². The molecule has 1 aliphatic rings. The van der Waals surface area contributed by atoms with E-state index in [4.69, 9.17) is 0 Å². The summed E-state index contributed by atoms with van der Waals surface area (Å²) in [7, 11) is 4.23. The van der Waals surface area contributed by atoms with Crippen molar-refractivity contribution in [3.05, 3.63) is 0 Å². The van der Waals surface area contributed by atoms with Gasteiger partial charge >= 0.3 is 0 Å². The molecule has 14 heavy (non-hydrogen) atoms. The van der Waals surface area contributed by atoms with Crippen LogP contribution < -0.4 is 0 Å². The fourth-order valence-electron chi connectivity index (χ4n) is 3.73. The van der Waals surface area contributed by atoms with Crippen molar-refractivity contribution in [3.63, 3.8) is 0 Å². The lowest BCUT2D eigenvalue weighted by Crippen LogP contribution is -2.55. The van der Waals surface area contributed by atoms with E-state index in [0.717, 1.165) is 12.8 Å². The number of Topliss-reactive ketones (excluding diaryl/α,β-unsaturated/α-hetero) is 1. The number of carbonyl (C=O) groups excluding carboxylic acids is 1. The van der Waals surface area contributed by atoms with Crippen molar-refractivity contribution in [3.8, 4) is 0 Å². The van der Waals surface area contributed by atoms with Crippen LogP contribution in [0.1, 0.15) is 40.5 Å². The van der Waals surface area contributed by atoms with Crippen LogP contribution in [0.25, 0.3) is 0 Å². The van der Waals surface area contributed by atoms with Gasteiger partial charge in [0.25, 0.3) is 0 Å². The molecular formula is C12H23NO. The van der Waals surface area contributed by atoms with Crippen LogP contribution in [0.3, 0.4) is 0 Å². The summed E-state index contributed by atoms with van der Waals surface area (Å²) < 4.78 is 0. The molecular weight excluding hydrogens is 174 g/mol. The second-order valence-electron chi connectivity index (χ2n) is 6.24. The Morgan fingerprint density at radius 2 is 1.43 bits per heavy atom. The average Bonchev–Trinajstić information content (AvgIpc) is 1.75. The maximum atomic E-state index is 11.6. The number of hydrogen-bond acceptors (Lipinski definition) is 2. The highest BCUT2D eigenvalue weighted by Gasteiger charge is 2.47. The second-order valence-corrected chi connectivity index (χ2v) is 6.24. The summed E-state index contributed by atoms with van der Waals surface area (Å²) in [4.78, 5) is 13.9. The predicted molar refractivity (Wildman–Crippen MR) is 59.3 cm³/mol. The number of hydrogen-bond donors (Lipinski definition) is 0. The SMILES string of the molecule is CN(C)C1C(C)(C)CC(=O)CC1(C)C. The Labute approximate surface area is 87.7 Å². The summed E-state index contributed by atoms with van der Waals surface area (Å²) in [5.74, 6) is 0.415. The summed E-state index contributed by atoms with van der Waals surface area (Å²) in [5, 5.41) is 0. The Balaban J connectivity index is 3.03. The standard InChI is InChI=1S/C12H23NO/c1-11(2)7-9(14)8-12(3,4)10(11)13(5)6/h10H,7-8H2,1-6H3. The third-order valence-corrected chi connectivity index (χ3v) is 3.30. The van der Waals surface area contributed by atoms with Crippen LogP contribution in [-0.2, 0) is 4.79 Å². The van der Waals surface area contributed by atoms with Crippen molar-refractivity contribution in [2.75, 3.05) is 14.1 Å². The lowest BCUT2D eigenvalue weighted by molar-refractivity contribution is -0.132. The van der Waals surface area contributed by atoms with Gasteiger partial charge in [-0.2, -0.15) is 0 Å². The van der Waals surface area contributed by atoms with Crippen LogP contribution in [0.4, 0.5) is 0 Å². The molecule has 0 N–H and O–H groups in total. The largest absolute Gasteiger partial charge is 0.305 e. The van der Waals surface area contributed by atoms with E-state index in [1.165, 1.54) is 0 Å². The van der Waals surface area contributed by atoms with Gasteiger partial charge < -0.3 is 4.90 Å². The van der Waals surface area contributed by atoms with Gasteiger partial charge in [0.1, 0.15) is 5.78 Å². The minimum absolute atomic E-state index is 0.0995. The Bertz CT molecular complexity index is 221. The molecule has 0 aliphatic heterocycles. The first kappa shape index (κ1) is 11.7. The van der Waals surface area contributed by atoms with Crippen molar-refractivity contribution in [1.82, 2.24) is 4.90 Å². The van der Waals surface area contributed by atoms with E-state index >= 15 is 0 Å². The first-order valence-corrected chi connectivity index (χ1v) is 5.35. The van der Waals surface area contributed by atoms with Gasteiger partial charge in [-0.15, -0.1) is 0 Å². The number of ketones is 1. The second kappa shape index (κ2) is 3.34. The van der Waals surface area contributed by atoms with Gasteiger partial charge in [0.15, 0.2) is 0 Å². The molecule has 0 heterocycles. The van der Waals surface area contributed by atoms with E-state index < -0.39 is 0 Å². The minimum atomic E-state index is 0.0995. The molecule has 2 heteroatoms. The highest BCUT2D eigenvalue weighted by Crippen LogP contribution is 2.46. The van der Waals surface area contributed by atoms with Crippen molar-refractivity contribution in [2.45, 2.75) is 46.6 Å². The molecule has 0 saturated heterocycles. The van der Waals surface area contributed by atoms with Crippen LogP contribution in [0.5, 0.6) is 0 Å². The van der Waals surface area contributed by atoms with E-state index in [1.54, 1.807) is 0 Å².